The second-order valence-corrected chi connectivity index (χ2v) is 6.78. The zero-order valence-corrected chi connectivity index (χ0v) is 14.7. The maximum Gasteiger partial charge on any atom is 0.234 e. The van der Waals surface area contributed by atoms with Crippen molar-refractivity contribution >= 4 is 23.1 Å². The Morgan fingerprint density at radius 2 is 2.08 bits per heavy atom. The van der Waals surface area contributed by atoms with Crippen molar-refractivity contribution in [1.82, 2.24) is 20.2 Å². The quantitative estimate of drug-likeness (QED) is 0.867. The lowest BCUT2D eigenvalue weighted by Gasteiger charge is -2.35. The van der Waals surface area contributed by atoms with Gasteiger partial charge in [-0.05, 0) is 18.6 Å². The van der Waals surface area contributed by atoms with Gasteiger partial charge in [0.2, 0.25) is 5.91 Å². The summed E-state index contributed by atoms with van der Waals surface area (Å²) < 4.78 is 0. The lowest BCUT2D eigenvalue weighted by molar-refractivity contribution is -0.123. The van der Waals surface area contributed by atoms with Crippen molar-refractivity contribution in [1.29, 1.82) is 0 Å². The molecule has 0 spiro atoms. The number of nitrogens with one attached hydrogen (secondary N) is 1. The highest BCUT2D eigenvalue weighted by molar-refractivity contribution is 7.09. The first kappa shape index (κ1) is 16.9. The second kappa shape index (κ2) is 8.21. The minimum Gasteiger partial charge on any atom is -0.354 e. The van der Waals surface area contributed by atoms with E-state index < -0.39 is 0 Å². The number of anilines is 1. The molecule has 0 saturated carbocycles. The standard InChI is InChI=1S/C17H23N5OS/c1-2-14(17-19-7-12-24-17)20-16(23)13-21-8-10-22(11-9-21)15-5-3-4-6-18-15/h3-7,12,14H,2,8-11,13H2,1H3,(H,20,23)/t14-/m1/s1. The van der Waals surface area contributed by atoms with Gasteiger partial charge >= 0.3 is 0 Å². The third-order valence-corrected chi connectivity index (χ3v) is 5.09. The Balaban J connectivity index is 1.46. The normalized spacial score (nSPS) is 16.8. The fourth-order valence-electron chi connectivity index (χ4n) is 2.86. The van der Waals surface area contributed by atoms with E-state index >= 15 is 0 Å². The van der Waals surface area contributed by atoms with Gasteiger partial charge < -0.3 is 10.2 Å². The fraction of sp³-hybridized carbons (Fsp3) is 0.471. The van der Waals surface area contributed by atoms with E-state index in [-0.39, 0.29) is 11.9 Å². The van der Waals surface area contributed by atoms with E-state index in [0.717, 1.165) is 43.4 Å². The molecule has 1 amide bonds. The molecular weight excluding hydrogens is 322 g/mol. The Morgan fingerprint density at radius 1 is 1.25 bits per heavy atom. The summed E-state index contributed by atoms with van der Waals surface area (Å²) in [6.45, 7) is 6.05. The van der Waals surface area contributed by atoms with E-state index in [2.05, 4.69) is 32.0 Å². The first-order valence-corrected chi connectivity index (χ1v) is 9.21. The van der Waals surface area contributed by atoms with Crippen LogP contribution in [-0.2, 0) is 4.79 Å². The molecule has 3 heterocycles. The van der Waals surface area contributed by atoms with E-state index in [0.29, 0.717) is 6.54 Å². The van der Waals surface area contributed by atoms with Crippen molar-refractivity contribution in [2.75, 3.05) is 37.6 Å². The second-order valence-electron chi connectivity index (χ2n) is 5.85. The topological polar surface area (TPSA) is 61.4 Å². The van der Waals surface area contributed by atoms with Crippen LogP contribution in [0.25, 0.3) is 0 Å². The van der Waals surface area contributed by atoms with Gasteiger partial charge in [-0.2, -0.15) is 0 Å². The summed E-state index contributed by atoms with van der Waals surface area (Å²) >= 11 is 1.59. The van der Waals surface area contributed by atoms with Crippen LogP contribution in [0, 0.1) is 0 Å². The van der Waals surface area contributed by atoms with Gasteiger partial charge in [-0.1, -0.05) is 13.0 Å². The number of carbonyl (C=O) groups is 1. The van der Waals surface area contributed by atoms with Crippen LogP contribution in [0.3, 0.4) is 0 Å². The van der Waals surface area contributed by atoms with E-state index in [1.54, 1.807) is 17.5 Å². The molecule has 1 saturated heterocycles. The minimum absolute atomic E-state index is 0.0207. The molecule has 2 aromatic heterocycles. The molecule has 1 atom stereocenters. The number of thiazole rings is 1. The van der Waals surface area contributed by atoms with Crippen molar-refractivity contribution in [3.05, 3.63) is 41.0 Å². The highest BCUT2D eigenvalue weighted by Gasteiger charge is 2.21. The summed E-state index contributed by atoms with van der Waals surface area (Å²) in [4.78, 5) is 25.5. The molecule has 7 heteroatoms. The summed E-state index contributed by atoms with van der Waals surface area (Å²) in [7, 11) is 0. The van der Waals surface area contributed by atoms with Gasteiger partial charge in [0.05, 0.1) is 12.6 Å². The number of amides is 1. The molecule has 0 bridgehead atoms. The van der Waals surface area contributed by atoms with Crippen molar-refractivity contribution in [3.63, 3.8) is 0 Å². The molecule has 3 rings (SSSR count). The van der Waals surface area contributed by atoms with Gasteiger partial charge in [0.1, 0.15) is 10.8 Å². The molecule has 128 valence electrons. The van der Waals surface area contributed by atoms with Crippen LogP contribution in [0.5, 0.6) is 0 Å². The lowest BCUT2D eigenvalue weighted by Crippen LogP contribution is -2.50. The summed E-state index contributed by atoms with van der Waals surface area (Å²) in [6, 6.07) is 5.98. The number of pyridine rings is 1. The Kier molecular flexibility index (Phi) is 5.77. The average Bonchev–Trinajstić information content (AvgIpc) is 3.15. The van der Waals surface area contributed by atoms with Gasteiger partial charge in [0, 0.05) is 44.0 Å². The summed E-state index contributed by atoms with van der Waals surface area (Å²) in [5.41, 5.74) is 0. The predicted octanol–water partition coefficient (Wildman–Crippen LogP) is 1.93. The Labute approximate surface area is 146 Å². The molecule has 1 aliphatic rings. The van der Waals surface area contributed by atoms with Gasteiger partial charge in [0.15, 0.2) is 0 Å². The van der Waals surface area contributed by atoms with Crippen molar-refractivity contribution < 1.29 is 4.79 Å². The SMILES string of the molecule is CC[C@@H](NC(=O)CN1CCN(c2ccccn2)CC1)c1nccs1. The molecule has 0 aromatic carbocycles. The number of aromatic nitrogens is 2. The average molecular weight is 345 g/mol. The van der Waals surface area contributed by atoms with Crippen LogP contribution >= 0.6 is 11.3 Å². The fourth-order valence-corrected chi connectivity index (χ4v) is 3.64. The first-order valence-electron chi connectivity index (χ1n) is 8.33. The van der Waals surface area contributed by atoms with E-state index in [9.17, 15) is 4.79 Å². The number of rotatable bonds is 6. The molecule has 1 N–H and O–H groups in total. The molecule has 0 radical (unpaired) electrons. The first-order chi connectivity index (χ1) is 11.8. The highest BCUT2D eigenvalue weighted by atomic mass is 32.1. The third-order valence-electron chi connectivity index (χ3n) is 4.21. The largest absolute Gasteiger partial charge is 0.354 e. The zero-order chi connectivity index (χ0) is 16.8. The maximum absolute atomic E-state index is 12.3. The zero-order valence-electron chi connectivity index (χ0n) is 13.9. The van der Waals surface area contributed by atoms with Crippen molar-refractivity contribution in [2.45, 2.75) is 19.4 Å². The molecule has 24 heavy (non-hydrogen) atoms. The van der Waals surface area contributed by atoms with Crippen LogP contribution in [0.1, 0.15) is 24.4 Å². The van der Waals surface area contributed by atoms with Crippen LogP contribution < -0.4 is 10.2 Å². The Bertz CT molecular complexity index is 626. The number of piperazine rings is 1. The van der Waals surface area contributed by atoms with E-state index in [4.69, 9.17) is 0 Å². The van der Waals surface area contributed by atoms with E-state index in [1.807, 2.05) is 29.8 Å². The smallest absolute Gasteiger partial charge is 0.234 e. The molecule has 0 aliphatic carbocycles. The number of nitrogens with zero attached hydrogens (tertiary/aromatic N) is 4. The monoisotopic (exact) mass is 345 g/mol. The summed E-state index contributed by atoms with van der Waals surface area (Å²) in [5, 5.41) is 6.02. The van der Waals surface area contributed by atoms with Crippen molar-refractivity contribution in [3.8, 4) is 0 Å². The predicted molar refractivity (Wildman–Crippen MR) is 96.2 cm³/mol. The highest BCUT2D eigenvalue weighted by Crippen LogP contribution is 2.18. The summed E-state index contributed by atoms with van der Waals surface area (Å²) in [6.07, 6.45) is 4.46. The molecule has 0 unspecified atom stereocenters. The van der Waals surface area contributed by atoms with Gasteiger partial charge in [0.25, 0.3) is 0 Å². The van der Waals surface area contributed by atoms with Crippen LogP contribution in [0.2, 0.25) is 0 Å². The number of hydrogen-bond donors (Lipinski definition) is 1. The molecule has 1 aliphatic heterocycles. The number of hydrogen-bond acceptors (Lipinski definition) is 6. The van der Waals surface area contributed by atoms with Gasteiger partial charge in [-0.3, -0.25) is 9.69 Å². The maximum atomic E-state index is 12.3. The van der Waals surface area contributed by atoms with Crippen LogP contribution in [-0.4, -0.2) is 53.5 Å². The molecule has 2 aromatic rings. The minimum atomic E-state index is 0.0207. The lowest BCUT2D eigenvalue weighted by atomic mass is 10.2. The third kappa shape index (κ3) is 4.30. The van der Waals surface area contributed by atoms with Gasteiger partial charge in [-0.25, -0.2) is 9.97 Å². The van der Waals surface area contributed by atoms with E-state index in [1.165, 1.54) is 0 Å². The Hall–Kier alpha value is -1.99. The van der Waals surface area contributed by atoms with Crippen LogP contribution in [0.15, 0.2) is 36.0 Å². The van der Waals surface area contributed by atoms with Gasteiger partial charge in [-0.15, -0.1) is 11.3 Å². The molecule has 6 nitrogen and oxygen atoms in total. The summed E-state index contributed by atoms with van der Waals surface area (Å²) in [5.74, 6) is 1.08. The van der Waals surface area contributed by atoms with Crippen molar-refractivity contribution in [2.24, 2.45) is 0 Å². The van der Waals surface area contributed by atoms with Crippen LogP contribution in [0.4, 0.5) is 5.82 Å². The molecule has 1 fully saturated rings. The molecular formula is C17H23N5OS. The number of carbonyl (C=O) groups excluding carboxylic acids is 1. The Morgan fingerprint density at radius 3 is 2.71 bits per heavy atom.